The molecule has 0 spiro atoms. The fraction of sp³-hybridized carbons (Fsp3) is 0.667. The van der Waals surface area contributed by atoms with Crippen molar-refractivity contribution in [3.05, 3.63) is 16.3 Å². The van der Waals surface area contributed by atoms with E-state index in [0.29, 0.717) is 13.0 Å². The number of hydrogen-bond donors (Lipinski definition) is 1. The highest BCUT2D eigenvalue weighted by atomic mass is 16.6. The van der Waals surface area contributed by atoms with Crippen LogP contribution in [0.5, 0.6) is 0 Å². The zero-order chi connectivity index (χ0) is 9.84. The molecule has 0 bridgehead atoms. The van der Waals surface area contributed by atoms with E-state index in [1.54, 1.807) is 6.92 Å². The second kappa shape index (κ2) is 3.94. The monoisotopic (exact) mass is 186 g/mol. The first-order chi connectivity index (χ1) is 6.09. The molecular weight excluding hydrogens is 176 g/mol. The van der Waals surface area contributed by atoms with E-state index >= 15 is 0 Å². The average Bonchev–Trinajstić information content (AvgIpc) is 2.48. The lowest BCUT2D eigenvalue weighted by Crippen LogP contribution is -2.07. The topological polar surface area (TPSA) is 94.1 Å². The van der Waals surface area contributed by atoms with E-state index in [4.69, 9.17) is 5.11 Å². The van der Waals surface area contributed by atoms with Gasteiger partial charge in [-0.1, -0.05) is 0 Å². The lowest BCUT2D eigenvalue weighted by Gasteiger charge is -2.00. The van der Waals surface area contributed by atoms with Crippen molar-refractivity contribution in [2.24, 2.45) is 0 Å². The number of aliphatic hydroxyl groups is 1. The van der Waals surface area contributed by atoms with Crippen LogP contribution in [0, 0.1) is 10.1 Å². The number of nitro groups is 1. The molecule has 13 heavy (non-hydrogen) atoms. The Morgan fingerprint density at radius 2 is 2.54 bits per heavy atom. The van der Waals surface area contributed by atoms with E-state index in [9.17, 15) is 10.1 Å². The average molecular weight is 186 g/mol. The van der Waals surface area contributed by atoms with Gasteiger partial charge in [-0.05, 0) is 18.3 Å². The molecule has 1 N–H and O–H groups in total. The van der Waals surface area contributed by atoms with E-state index in [2.05, 4.69) is 10.3 Å². The Kier molecular flexibility index (Phi) is 2.91. The zero-order valence-corrected chi connectivity index (χ0v) is 7.12. The largest absolute Gasteiger partial charge is 0.410 e. The van der Waals surface area contributed by atoms with E-state index in [1.165, 1.54) is 10.9 Å². The second-order valence-electron chi connectivity index (χ2n) is 2.73. The number of nitrogens with zero attached hydrogens (tertiary/aromatic N) is 4. The number of aryl methyl sites for hydroxylation is 1. The summed E-state index contributed by atoms with van der Waals surface area (Å²) < 4.78 is 1.34. The first kappa shape index (κ1) is 9.59. The maximum absolute atomic E-state index is 10.2. The normalized spacial score (nSPS) is 12.8. The standard InChI is InChI=1S/C6H10N4O3/c1-5(11)2-3-9-4-6(7-8-9)10(12)13/h4-5,11H,2-3H2,1H3. The molecule has 0 radical (unpaired) electrons. The SMILES string of the molecule is CC(O)CCn1cc([N+](=O)[O-])nn1. The van der Waals surface area contributed by atoms with Gasteiger partial charge in [0.25, 0.3) is 0 Å². The lowest BCUT2D eigenvalue weighted by atomic mass is 10.3. The molecule has 0 aliphatic heterocycles. The van der Waals surface area contributed by atoms with Crippen LogP contribution in [0.1, 0.15) is 13.3 Å². The summed E-state index contributed by atoms with van der Waals surface area (Å²) in [6.07, 6.45) is 1.30. The van der Waals surface area contributed by atoms with Crippen molar-refractivity contribution in [2.75, 3.05) is 0 Å². The first-order valence-corrected chi connectivity index (χ1v) is 3.82. The highest BCUT2D eigenvalue weighted by Gasteiger charge is 2.11. The molecule has 72 valence electrons. The van der Waals surface area contributed by atoms with Gasteiger partial charge in [-0.25, -0.2) is 4.68 Å². The van der Waals surface area contributed by atoms with Crippen LogP contribution in [0.3, 0.4) is 0 Å². The predicted molar refractivity (Wildman–Crippen MR) is 43.0 cm³/mol. The smallest absolute Gasteiger partial charge is 0.393 e. The van der Waals surface area contributed by atoms with Crippen molar-refractivity contribution < 1.29 is 10.0 Å². The molecule has 0 aromatic carbocycles. The Morgan fingerprint density at radius 1 is 1.85 bits per heavy atom. The summed E-state index contributed by atoms with van der Waals surface area (Å²) in [7, 11) is 0. The van der Waals surface area contributed by atoms with Gasteiger partial charge in [0.2, 0.25) is 0 Å². The molecule has 0 saturated heterocycles. The van der Waals surface area contributed by atoms with Crippen LogP contribution in [0.25, 0.3) is 0 Å². The molecule has 0 aliphatic rings. The molecule has 0 amide bonds. The van der Waals surface area contributed by atoms with Crippen molar-refractivity contribution in [2.45, 2.75) is 26.0 Å². The highest BCUT2D eigenvalue weighted by molar-refractivity contribution is 5.08. The Morgan fingerprint density at radius 3 is 3.00 bits per heavy atom. The van der Waals surface area contributed by atoms with Crippen LogP contribution in [0.2, 0.25) is 0 Å². The summed E-state index contributed by atoms with van der Waals surface area (Å²) in [5, 5.41) is 26.0. The number of aromatic nitrogens is 3. The quantitative estimate of drug-likeness (QED) is 0.525. The Labute approximate surface area is 74.1 Å². The van der Waals surface area contributed by atoms with Crippen LogP contribution in [0.4, 0.5) is 5.82 Å². The van der Waals surface area contributed by atoms with Crippen LogP contribution in [-0.2, 0) is 6.54 Å². The minimum atomic E-state index is -0.605. The van der Waals surface area contributed by atoms with E-state index < -0.39 is 11.0 Å². The summed E-state index contributed by atoms with van der Waals surface area (Å²) in [5.41, 5.74) is 0. The zero-order valence-electron chi connectivity index (χ0n) is 7.12. The summed E-state index contributed by atoms with van der Waals surface area (Å²) in [4.78, 5) is 9.59. The Balaban J connectivity index is 2.54. The molecule has 1 aromatic rings. The minimum Gasteiger partial charge on any atom is -0.393 e. The molecule has 1 unspecified atom stereocenters. The molecule has 7 nitrogen and oxygen atoms in total. The van der Waals surface area contributed by atoms with Crippen molar-refractivity contribution in [3.8, 4) is 0 Å². The number of aliphatic hydroxyl groups excluding tert-OH is 1. The molecule has 7 heteroatoms. The summed E-state index contributed by atoms with van der Waals surface area (Å²) in [6.45, 7) is 2.07. The third-order valence-corrected chi connectivity index (χ3v) is 1.49. The molecule has 1 atom stereocenters. The van der Waals surface area contributed by atoms with E-state index in [-0.39, 0.29) is 5.82 Å². The van der Waals surface area contributed by atoms with Gasteiger partial charge in [-0.2, -0.15) is 0 Å². The maximum atomic E-state index is 10.2. The Bertz CT molecular complexity index is 296. The molecule has 1 heterocycles. The van der Waals surface area contributed by atoms with Crippen LogP contribution >= 0.6 is 0 Å². The Hall–Kier alpha value is -1.50. The number of rotatable bonds is 4. The van der Waals surface area contributed by atoms with Crippen LogP contribution < -0.4 is 0 Å². The first-order valence-electron chi connectivity index (χ1n) is 3.82. The van der Waals surface area contributed by atoms with Gasteiger partial charge in [0.05, 0.1) is 11.3 Å². The summed E-state index contributed by atoms with van der Waals surface area (Å²) >= 11 is 0. The molecule has 1 rings (SSSR count). The van der Waals surface area contributed by atoms with Crippen molar-refractivity contribution in [1.82, 2.24) is 15.0 Å². The van der Waals surface area contributed by atoms with E-state index in [1.807, 2.05) is 0 Å². The molecule has 0 saturated carbocycles. The van der Waals surface area contributed by atoms with Crippen LogP contribution in [0.15, 0.2) is 6.20 Å². The molecule has 0 fully saturated rings. The van der Waals surface area contributed by atoms with Gasteiger partial charge in [0.1, 0.15) is 11.3 Å². The highest BCUT2D eigenvalue weighted by Crippen LogP contribution is 2.04. The van der Waals surface area contributed by atoms with Crippen molar-refractivity contribution in [3.63, 3.8) is 0 Å². The number of hydrogen-bond acceptors (Lipinski definition) is 5. The minimum absolute atomic E-state index is 0.273. The summed E-state index contributed by atoms with van der Waals surface area (Å²) in [6, 6.07) is 0. The lowest BCUT2D eigenvalue weighted by molar-refractivity contribution is -0.389. The third-order valence-electron chi connectivity index (χ3n) is 1.49. The second-order valence-corrected chi connectivity index (χ2v) is 2.73. The van der Waals surface area contributed by atoms with Crippen LogP contribution in [-0.4, -0.2) is 31.1 Å². The third kappa shape index (κ3) is 2.79. The predicted octanol–water partition coefficient (Wildman–Crippen LogP) is -0.0428. The molecular formula is C6H10N4O3. The van der Waals surface area contributed by atoms with Gasteiger partial charge in [0, 0.05) is 6.54 Å². The molecule has 1 aromatic heterocycles. The maximum Gasteiger partial charge on any atom is 0.410 e. The summed E-state index contributed by atoms with van der Waals surface area (Å²) in [5.74, 6) is -0.273. The fourth-order valence-corrected chi connectivity index (χ4v) is 0.800. The van der Waals surface area contributed by atoms with Gasteiger partial charge < -0.3 is 15.2 Å². The van der Waals surface area contributed by atoms with Gasteiger partial charge in [-0.15, -0.1) is 0 Å². The van der Waals surface area contributed by atoms with Gasteiger partial charge in [0.15, 0.2) is 0 Å². The van der Waals surface area contributed by atoms with Gasteiger partial charge in [-0.3, -0.25) is 0 Å². The molecule has 0 aliphatic carbocycles. The van der Waals surface area contributed by atoms with Gasteiger partial charge >= 0.3 is 5.82 Å². The fourth-order valence-electron chi connectivity index (χ4n) is 0.800. The van der Waals surface area contributed by atoms with E-state index in [0.717, 1.165) is 0 Å². The van der Waals surface area contributed by atoms with Crippen molar-refractivity contribution >= 4 is 5.82 Å². The van der Waals surface area contributed by atoms with Crippen molar-refractivity contribution in [1.29, 1.82) is 0 Å².